The first-order chi connectivity index (χ1) is 13.5. The maximum atomic E-state index is 14.4. The fourth-order valence-electron chi connectivity index (χ4n) is 3.02. The zero-order valence-corrected chi connectivity index (χ0v) is 15.6. The van der Waals surface area contributed by atoms with Crippen LogP contribution in [-0.2, 0) is 11.3 Å². The lowest BCUT2D eigenvalue weighted by Crippen LogP contribution is -2.40. The van der Waals surface area contributed by atoms with Gasteiger partial charge in [-0.05, 0) is 30.7 Å². The normalized spacial score (nSPS) is 11.0. The van der Waals surface area contributed by atoms with Crippen LogP contribution in [0.1, 0.15) is 16.1 Å². The van der Waals surface area contributed by atoms with E-state index in [1.807, 2.05) is 18.2 Å². The van der Waals surface area contributed by atoms with E-state index in [9.17, 15) is 13.6 Å². The Bertz CT molecular complexity index is 1030. The van der Waals surface area contributed by atoms with Gasteiger partial charge in [-0.1, -0.05) is 0 Å². The lowest BCUT2D eigenvalue weighted by Gasteiger charge is -2.06. The van der Waals surface area contributed by atoms with Gasteiger partial charge in [-0.3, -0.25) is 0 Å². The van der Waals surface area contributed by atoms with Crippen molar-refractivity contribution in [2.45, 2.75) is 13.5 Å². The second-order valence-corrected chi connectivity index (χ2v) is 6.19. The van der Waals surface area contributed by atoms with E-state index in [-0.39, 0.29) is 0 Å². The Hall–Kier alpha value is -3.41. The fraction of sp³-hybridized carbons (Fsp3) is 0.136. The molecule has 0 amide bonds. The van der Waals surface area contributed by atoms with Gasteiger partial charge in [0, 0.05) is 36.4 Å². The number of rotatable bonds is 5. The van der Waals surface area contributed by atoms with Crippen molar-refractivity contribution in [1.82, 2.24) is 0 Å². The molecule has 1 aromatic carbocycles. The number of ether oxygens (including phenoxy) is 1. The van der Waals surface area contributed by atoms with Crippen LogP contribution in [0.2, 0.25) is 0 Å². The number of nitrogens with zero attached hydrogens (tertiary/aromatic N) is 2. The maximum absolute atomic E-state index is 14.4. The van der Waals surface area contributed by atoms with Crippen LogP contribution in [0.4, 0.5) is 8.78 Å². The SMILES string of the molecule is COC(=O)c1cccc[n+]1C/C=C/[n+]1ccccc1-c1c(C)cc(F)cc1F. The summed E-state index contributed by atoms with van der Waals surface area (Å²) in [5.74, 6) is -1.64. The molecule has 0 unspecified atom stereocenters. The van der Waals surface area contributed by atoms with Crippen LogP contribution in [0.15, 0.2) is 67.0 Å². The third kappa shape index (κ3) is 4.11. The summed E-state index contributed by atoms with van der Waals surface area (Å²) in [6.45, 7) is 2.09. The first-order valence-electron chi connectivity index (χ1n) is 8.71. The summed E-state index contributed by atoms with van der Waals surface area (Å²) in [6, 6.07) is 12.8. The van der Waals surface area contributed by atoms with Crippen LogP contribution >= 0.6 is 0 Å². The Morgan fingerprint density at radius 2 is 1.86 bits per heavy atom. The molecule has 0 saturated heterocycles. The number of carbonyl (C=O) groups excluding carboxylic acids is 1. The molecule has 0 aliphatic rings. The number of hydrogen-bond acceptors (Lipinski definition) is 2. The number of aromatic nitrogens is 2. The van der Waals surface area contributed by atoms with Crippen molar-refractivity contribution in [3.05, 3.63) is 89.9 Å². The first kappa shape index (κ1) is 19.4. The Balaban J connectivity index is 1.93. The minimum Gasteiger partial charge on any atom is -0.461 e. The highest BCUT2D eigenvalue weighted by molar-refractivity contribution is 5.85. The van der Waals surface area contributed by atoms with Crippen LogP contribution in [0.25, 0.3) is 17.5 Å². The molecule has 0 bridgehead atoms. The number of allylic oxidation sites excluding steroid dienone is 1. The van der Waals surface area contributed by atoms with E-state index in [0.717, 1.165) is 6.07 Å². The Kier molecular flexibility index (Phi) is 5.89. The molecule has 0 fully saturated rings. The standard InChI is InChI=1S/C22H20F2N2O2/c1-16-14-17(23)15-18(24)21(16)19-8-3-5-10-25(19)12-7-13-26-11-6-4-9-20(26)22(27)28-2/h3-12,14-15H,13H2,1-2H3/q+2/b12-7+. The highest BCUT2D eigenvalue weighted by Gasteiger charge is 2.20. The van der Waals surface area contributed by atoms with E-state index in [2.05, 4.69) is 0 Å². The van der Waals surface area contributed by atoms with Gasteiger partial charge in [0.25, 0.3) is 5.69 Å². The highest BCUT2D eigenvalue weighted by atomic mass is 19.1. The molecular weight excluding hydrogens is 362 g/mol. The second kappa shape index (κ2) is 8.52. The lowest BCUT2D eigenvalue weighted by molar-refractivity contribution is -0.690. The van der Waals surface area contributed by atoms with Gasteiger partial charge in [-0.25, -0.2) is 13.6 Å². The zero-order chi connectivity index (χ0) is 20.1. The Morgan fingerprint density at radius 1 is 1.11 bits per heavy atom. The molecule has 28 heavy (non-hydrogen) atoms. The number of halogens is 2. The summed E-state index contributed by atoms with van der Waals surface area (Å²) in [5, 5.41) is 0. The minimum atomic E-state index is -0.615. The summed E-state index contributed by atoms with van der Waals surface area (Å²) in [7, 11) is 1.33. The highest BCUT2D eigenvalue weighted by Crippen LogP contribution is 2.25. The fourth-order valence-corrected chi connectivity index (χ4v) is 3.02. The summed E-state index contributed by atoms with van der Waals surface area (Å²) in [4.78, 5) is 11.9. The molecule has 142 valence electrons. The van der Waals surface area contributed by atoms with E-state index in [1.54, 1.807) is 58.9 Å². The first-order valence-corrected chi connectivity index (χ1v) is 8.71. The summed E-state index contributed by atoms with van der Waals surface area (Å²) < 4.78 is 36.2. The number of methoxy groups -OCH3 is 1. The average Bonchev–Trinajstić information content (AvgIpc) is 2.68. The van der Waals surface area contributed by atoms with E-state index < -0.39 is 17.6 Å². The average molecular weight is 382 g/mol. The Labute approximate surface area is 162 Å². The van der Waals surface area contributed by atoms with Gasteiger partial charge in [0.1, 0.15) is 11.6 Å². The van der Waals surface area contributed by atoms with Gasteiger partial charge in [0.05, 0.1) is 12.7 Å². The van der Waals surface area contributed by atoms with Gasteiger partial charge < -0.3 is 4.74 Å². The molecule has 6 heteroatoms. The maximum Gasteiger partial charge on any atom is 0.403 e. The topological polar surface area (TPSA) is 34.1 Å². The monoisotopic (exact) mass is 382 g/mol. The van der Waals surface area contributed by atoms with Crippen molar-refractivity contribution < 1.29 is 27.4 Å². The van der Waals surface area contributed by atoms with Crippen molar-refractivity contribution in [3.8, 4) is 11.3 Å². The molecule has 0 spiro atoms. The number of hydrogen-bond donors (Lipinski definition) is 0. The smallest absolute Gasteiger partial charge is 0.403 e. The van der Waals surface area contributed by atoms with Gasteiger partial charge in [0.2, 0.25) is 5.69 Å². The van der Waals surface area contributed by atoms with Gasteiger partial charge >= 0.3 is 5.97 Å². The Morgan fingerprint density at radius 3 is 2.61 bits per heavy atom. The molecule has 2 aromatic heterocycles. The van der Waals surface area contributed by atoms with Crippen LogP contribution in [0.3, 0.4) is 0 Å². The van der Waals surface area contributed by atoms with Crippen LogP contribution in [-0.4, -0.2) is 13.1 Å². The number of pyridine rings is 2. The van der Waals surface area contributed by atoms with Crippen molar-refractivity contribution in [2.75, 3.05) is 7.11 Å². The summed E-state index contributed by atoms with van der Waals surface area (Å²) in [5.41, 5.74) is 1.87. The minimum absolute atomic E-state index is 0.342. The van der Waals surface area contributed by atoms with Crippen molar-refractivity contribution >= 4 is 12.2 Å². The number of esters is 1. The molecule has 2 heterocycles. The van der Waals surface area contributed by atoms with Crippen LogP contribution in [0.5, 0.6) is 0 Å². The van der Waals surface area contributed by atoms with E-state index in [4.69, 9.17) is 4.74 Å². The summed E-state index contributed by atoms with van der Waals surface area (Å²) in [6.07, 6.45) is 7.17. The molecule has 0 atom stereocenters. The predicted octanol–water partition coefficient (Wildman–Crippen LogP) is 3.47. The van der Waals surface area contributed by atoms with E-state index >= 15 is 0 Å². The molecule has 0 radical (unpaired) electrons. The predicted molar refractivity (Wildman–Crippen MR) is 100 cm³/mol. The number of aryl methyl sites for hydroxylation is 1. The lowest BCUT2D eigenvalue weighted by atomic mass is 10.0. The quantitative estimate of drug-likeness (QED) is 0.500. The van der Waals surface area contributed by atoms with Crippen molar-refractivity contribution in [2.24, 2.45) is 0 Å². The largest absolute Gasteiger partial charge is 0.461 e. The third-order valence-corrected chi connectivity index (χ3v) is 4.30. The molecule has 0 aliphatic carbocycles. The van der Waals surface area contributed by atoms with E-state index in [1.165, 1.54) is 13.2 Å². The molecule has 0 aliphatic heterocycles. The zero-order valence-electron chi connectivity index (χ0n) is 15.6. The molecule has 0 N–H and O–H groups in total. The van der Waals surface area contributed by atoms with Gasteiger partial charge in [-0.15, -0.1) is 0 Å². The van der Waals surface area contributed by atoms with Crippen LogP contribution in [0, 0.1) is 18.6 Å². The molecule has 0 saturated carbocycles. The molecule has 3 rings (SSSR count). The molecular formula is C22H20F2N2O2+2. The number of benzene rings is 1. The van der Waals surface area contributed by atoms with Crippen molar-refractivity contribution in [1.29, 1.82) is 0 Å². The van der Waals surface area contributed by atoms with E-state index in [0.29, 0.717) is 29.1 Å². The van der Waals surface area contributed by atoms with Gasteiger partial charge in [-0.2, -0.15) is 9.13 Å². The van der Waals surface area contributed by atoms with Gasteiger partial charge in [0.15, 0.2) is 25.1 Å². The number of carbonyl (C=O) groups is 1. The van der Waals surface area contributed by atoms with Crippen LogP contribution < -0.4 is 9.13 Å². The summed E-state index contributed by atoms with van der Waals surface area (Å²) >= 11 is 0. The molecule has 4 nitrogen and oxygen atoms in total. The van der Waals surface area contributed by atoms with Crippen molar-refractivity contribution in [3.63, 3.8) is 0 Å². The third-order valence-electron chi connectivity index (χ3n) is 4.30. The molecule has 3 aromatic rings. The second-order valence-electron chi connectivity index (χ2n) is 6.19.